The molecule has 3 N–H and O–H groups in total. The summed E-state index contributed by atoms with van der Waals surface area (Å²) in [7, 11) is 1.78. The van der Waals surface area contributed by atoms with Crippen molar-refractivity contribution in [2.75, 3.05) is 17.7 Å². The Morgan fingerprint density at radius 1 is 0.955 bits per heavy atom. The van der Waals surface area contributed by atoms with E-state index in [-0.39, 0.29) is 0 Å². The largest absolute Gasteiger partial charge is 0.366 e. The van der Waals surface area contributed by atoms with E-state index in [1.54, 1.807) is 13.2 Å². The summed E-state index contributed by atoms with van der Waals surface area (Å²) in [6, 6.07) is 18.4. The Labute approximate surface area is 134 Å². The van der Waals surface area contributed by atoms with Gasteiger partial charge in [0.25, 0.3) is 0 Å². The lowest BCUT2D eigenvalue weighted by Gasteiger charge is -2.09. The zero-order chi connectivity index (χ0) is 15.4. The summed E-state index contributed by atoms with van der Waals surface area (Å²) in [4.78, 5) is 4.38. The van der Waals surface area contributed by atoms with E-state index in [4.69, 9.17) is 12.2 Å². The van der Waals surface area contributed by atoms with Crippen molar-refractivity contribution in [1.82, 2.24) is 10.3 Å². The standard InChI is InChI=1S/C17H16N4S/c1-18-17(22)21-15-8-9-16(19-11-15)20-14-7-6-12-4-2-3-5-13(12)10-14/h2-11H,1H3,(H,19,20)(H2,18,21,22). The van der Waals surface area contributed by atoms with Gasteiger partial charge in [0, 0.05) is 12.7 Å². The molecule has 0 atom stereocenters. The fraction of sp³-hybridized carbons (Fsp3) is 0.0588. The van der Waals surface area contributed by atoms with Crippen molar-refractivity contribution in [3.8, 4) is 0 Å². The quantitative estimate of drug-likeness (QED) is 0.641. The van der Waals surface area contributed by atoms with Crippen molar-refractivity contribution < 1.29 is 0 Å². The molecule has 0 bridgehead atoms. The molecule has 1 aromatic heterocycles. The molecule has 0 aliphatic heterocycles. The molecule has 0 fully saturated rings. The summed E-state index contributed by atoms with van der Waals surface area (Å²) >= 11 is 5.05. The molecule has 110 valence electrons. The number of thiocarbonyl (C=S) groups is 1. The van der Waals surface area contributed by atoms with E-state index in [9.17, 15) is 0 Å². The van der Waals surface area contributed by atoms with Crippen LogP contribution in [0.4, 0.5) is 17.2 Å². The first-order chi connectivity index (χ1) is 10.7. The summed E-state index contributed by atoms with van der Waals surface area (Å²) in [6.45, 7) is 0. The van der Waals surface area contributed by atoms with E-state index in [0.717, 1.165) is 17.2 Å². The van der Waals surface area contributed by atoms with Gasteiger partial charge in [0.15, 0.2) is 5.11 Å². The van der Waals surface area contributed by atoms with Crippen LogP contribution in [-0.2, 0) is 0 Å². The van der Waals surface area contributed by atoms with Gasteiger partial charge in [0.05, 0.1) is 11.9 Å². The van der Waals surface area contributed by atoms with Crippen LogP contribution in [-0.4, -0.2) is 17.1 Å². The van der Waals surface area contributed by atoms with Crippen LogP contribution in [0.2, 0.25) is 0 Å². The maximum atomic E-state index is 5.05. The molecule has 3 rings (SSSR count). The predicted molar refractivity (Wildman–Crippen MR) is 96.7 cm³/mol. The van der Waals surface area contributed by atoms with E-state index < -0.39 is 0 Å². The van der Waals surface area contributed by atoms with Crippen LogP contribution < -0.4 is 16.0 Å². The van der Waals surface area contributed by atoms with Gasteiger partial charge in [-0.1, -0.05) is 30.3 Å². The van der Waals surface area contributed by atoms with Crippen molar-refractivity contribution in [2.24, 2.45) is 0 Å². The number of rotatable bonds is 3. The maximum Gasteiger partial charge on any atom is 0.170 e. The molecule has 0 saturated carbocycles. The molecule has 0 aliphatic carbocycles. The highest BCUT2D eigenvalue weighted by Gasteiger charge is 2.00. The molecule has 4 nitrogen and oxygen atoms in total. The molecule has 1 heterocycles. The van der Waals surface area contributed by atoms with Gasteiger partial charge in [-0.15, -0.1) is 0 Å². The van der Waals surface area contributed by atoms with Crippen LogP contribution in [0.25, 0.3) is 10.8 Å². The number of benzene rings is 2. The van der Waals surface area contributed by atoms with Gasteiger partial charge in [-0.05, 0) is 47.3 Å². The van der Waals surface area contributed by atoms with Crippen molar-refractivity contribution in [3.05, 3.63) is 60.8 Å². The van der Waals surface area contributed by atoms with E-state index in [0.29, 0.717) is 5.11 Å². The maximum absolute atomic E-state index is 5.05. The normalized spacial score (nSPS) is 10.2. The highest BCUT2D eigenvalue weighted by atomic mass is 32.1. The first-order valence-corrected chi connectivity index (χ1v) is 7.36. The molecule has 3 aromatic rings. The Hall–Kier alpha value is -2.66. The number of nitrogens with one attached hydrogen (secondary N) is 3. The number of hydrogen-bond donors (Lipinski definition) is 3. The van der Waals surface area contributed by atoms with E-state index in [2.05, 4.69) is 45.2 Å². The van der Waals surface area contributed by atoms with Crippen LogP contribution in [0.1, 0.15) is 0 Å². The first kappa shape index (κ1) is 14.3. The minimum atomic E-state index is 0.567. The lowest BCUT2D eigenvalue weighted by atomic mass is 10.1. The third-order valence-electron chi connectivity index (χ3n) is 3.27. The fourth-order valence-electron chi connectivity index (χ4n) is 2.15. The lowest BCUT2D eigenvalue weighted by molar-refractivity contribution is 1.19. The van der Waals surface area contributed by atoms with Gasteiger partial charge in [-0.25, -0.2) is 4.98 Å². The van der Waals surface area contributed by atoms with Gasteiger partial charge in [0.1, 0.15) is 5.82 Å². The number of aromatic nitrogens is 1. The summed E-state index contributed by atoms with van der Waals surface area (Å²) < 4.78 is 0. The smallest absolute Gasteiger partial charge is 0.170 e. The molecule has 0 amide bonds. The number of fused-ring (bicyclic) bond motifs is 1. The third-order valence-corrected chi connectivity index (χ3v) is 3.58. The number of nitrogens with zero attached hydrogens (tertiary/aromatic N) is 1. The van der Waals surface area contributed by atoms with Gasteiger partial charge < -0.3 is 16.0 Å². The van der Waals surface area contributed by atoms with Gasteiger partial charge in [-0.3, -0.25) is 0 Å². The fourth-order valence-corrected chi connectivity index (χ4v) is 2.27. The highest BCUT2D eigenvalue weighted by Crippen LogP contribution is 2.21. The molecule has 0 saturated heterocycles. The summed E-state index contributed by atoms with van der Waals surface area (Å²) in [5.74, 6) is 0.788. The summed E-state index contributed by atoms with van der Waals surface area (Å²) in [6.07, 6.45) is 1.74. The Bertz CT molecular complexity index is 799. The predicted octanol–water partition coefficient (Wildman–Crippen LogP) is 3.89. The topological polar surface area (TPSA) is 49.0 Å². The van der Waals surface area contributed by atoms with Crippen LogP contribution in [0.5, 0.6) is 0 Å². The Morgan fingerprint density at radius 2 is 1.73 bits per heavy atom. The number of hydrogen-bond acceptors (Lipinski definition) is 3. The van der Waals surface area contributed by atoms with Crippen molar-refractivity contribution >= 4 is 45.3 Å². The molecule has 0 unspecified atom stereocenters. The lowest BCUT2D eigenvalue weighted by Crippen LogP contribution is -2.24. The minimum Gasteiger partial charge on any atom is -0.366 e. The van der Waals surface area contributed by atoms with Gasteiger partial charge in [-0.2, -0.15) is 0 Å². The highest BCUT2D eigenvalue weighted by molar-refractivity contribution is 7.80. The van der Waals surface area contributed by atoms with Gasteiger partial charge in [0.2, 0.25) is 0 Å². The Kier molecular flexibility index (Phi) is 4.16. The average molecular weight is 308 g/mol. The second-order valence-corrected chi connectivity index (χ2v) is 5.23. The van der Waals surface area contributed by atoms with Gasteiger partial charge >= 0.3 is 0 Å². The van der Waals surface area contributed by atoms with E-state index in [1.807, 2.05) is 30.3 Å². The monoisotopic (exact) mass is 308 g/mol. The van der Waals surface area contributed by atoms with Crippen LogP contribution >= 0.6 is 12.2 Å². The molecule has 5 heteroatoms. The van der Waals surface area contributed by atoms with Crippen LogP contribution in [0.15, 0.2) is 60.8 Å². The second kappa shape index (κ2) is 6.41. The average Bonchev–Trinajstić information content (AvgIpc) is 2.56. The minimum absolute atomic E-state index is 0.567. The Morgan fingerprint density at radius 3 is 2.45 bits per heavy atom. The summed E-state index contributed by atoms with van der Waals surface area (Å²) in [5, 5.41) is 12.2. The van der Waals surface area contributed by atoms with Crippen LogP contribution in [0.3, 0.4) is 0 Å². The van der Waals surface area contributed by atoms with Crippen molar-refractivity contribution in [1.29, 1.82) is 0 Å². The third kappa shape index (κ3) is 3.32. The summed E-state index contributed by atoms with van der Waals surface area (Å²) in [5.41, 5.74) is 1.86. The number of pyridine rings is 1. The first-order valence-electron chi connectivity index (χ1n) is 6.95. The zero-order valence-corrected chi connectivity index (χ0v) is 12.9. The molecular formula is C17H16N4S. The van der Waals surface area contributed by atoms with Crippen LogP contribution in [0, 0.1) is 0 Å². The zero-order valence-electron chi connectivity index (χ0n) is 12.1. The molecule has 0 radical (unpaired) electrons. The molecule has 22 heavy (non-hydrogen) atoms. The SMILES string of the molecule is CNC(=S)Nc1ccc(Nc2ccc3ccccc3c2)nc1. The molecule has 2 aromatic carbocycles. The Balaban J connectivity index is 1.75. The van der Waals surface area contributed by atoms with Crippen molar-refractivity contribution in [3.63, 3.8) is 0 Å². The molecular weight excluding hydrogens is 292 g/mol. The van der Waals surface area contributed by atoms with E-state index >= 15 is 0 Å². The molecule has 0 aliphatic rings. The second-order valence-electron chi connectivity index (χ2n) is 4.82. The van der Waals surface area contributed by atoms with Crippen molar-refractivity contribution in [2.45, 2.75) is 0 Å². The van der Waals surface area contributed by atoms with E-state index in [1.165, 1.54) is 10.8 Å². The molecule has 0 spiro atoms. The number of anilines is 3.